The molecular formula is C43H73N5O8. The SMILES string of the molecule is CC[C@H](C)[C@@H]([C@@H](CC(=O)N1CCC[C@H]1[C@H](OC)[C@@H](C)C(=O)NCCc1ccccc1C(=O)OC)OC)N(C)C(=O)[C@@H](NC(=O)[C@H](C(C)C)N(C)C(C)C)C(C)C. The van der Waals surface area contributed by atoms with E-state index in [2.05, 4.69) is 10.6 Å². The molecular weight excluding hydrogens is 714 g/mol. The number of benzene rings is 1. The average molecular weight is 788 g/mol. The lowest BCUT2D eigenvalue weighted by Crippen LogP contribution is -2.60. The standard InChI is InChI=1S/C43H73N5O8/c1-15-29(8)38(47(11)42(52)36(26(2)3)45-41(51)37(27(4)5)46(10)28(6)7)34(54-12)25-35(49)48-24-18-21-33(48)39(55-13)30(9)40(50)44-23-22-31-19-16-17-20-32(31)43(53)56-14/h16-17,19-20,26-30,33-34,36-39H,15,18,21-25H2,1-14H3,(H,44,50)(H,45,51)/t29-,30+,33-,34+,36-,37-,38-,39+/m0/s1. The highest BCUT2D eigenvalue weighted by Gasteiger charge is 2.43. The monoisotopic (exact) mass is 788 g/mol. The first kappa shape index (κ1) is 48.6. The van der Waals surface area contributed by atoms with Crippen molar-refractivity contribution in [1.29, 1.82) is 0 Å². The van der Waals surface area contributed by atoms with Crippen LogP contribution in [0.4, 0.5) is 0 Å². The first-order chi connectivity index (χ1) is 26.4. The van der Waals surface area contributed by atoms with Crippen molar-refractivity contribution in [3.63, 3.8) is 0 Å². The summed E-state index contributed by atoms with van der Waals surface area (Å²) in [6, 6.07) is 5.34. The second-order valence-electron chi connectivity index (χ2n) is 16.5. The summed E-state index contributed by atoms with van der Waals surface area (Å²) in [6.07, 6.45) is 1.48. The fraction of sp³-hybridized carbons (Fsp3) is 0.744. The Bertz CT molecular complexity index is 1440. The average Bonchev–Trinajstić information content (AvgIpc) is 3.65. The van der Waals surface area contributed by atoms with Crippen molar-refractivity contribution in [3.8, 4) is 0 Å². The van der Waals surface area contributed by atoms with Crippen molar-refractivity contribution in [2.45, 2.75) is 137 Å². The summed E-state index contributed by atoms with van der Waals surface area (Å²) in [5, 5.41) is 6.08. The predicted octanol–water partition coefficient (Wildman–Crippen LogP) is 4.56. The molecule has 1 heterocycles. The van der Waals surface area contributed by atoms with E-state index in [4.69, 9.17) is 14.2 Å². The summed E-state index contributed by atoms with van der Waals surface area (Å²) in [7, 11) is 8.14. The van der Waals surface area contributed by atoms with Crippen LogP contribution in [-0.2, 0) is 39.8 Å². The Balaban J connectivity index is 2.23. The minimum Gasteiger partial charge on any atom is -0.465 e. The number of rotatable bonds is 22. The van der Waals surface area contributed by atoms with Crippen LogP contribution in [0.25, 0.3) is 0 Å². The third kappa shape index (κ3) is 12.5. The quantitative estimate of drug-likeness (QED) is 0.162. The zero-order chi connectivity index (χ0) is 42.4. The second-order valence-corrected chi connectivity index (χ2v) is 16.5. The highest BCUT2D eigenvalue weighted by Crippen LogP contribution is 2.30. The lowest BCUT2D eigenvalue weighted by atomic mass is 9.89. The van der Waals surface area contributed by atoms with Crippen molar-refractivity contribution < 1.29 is 38.2 Å². The Kier molecular flexibility index (Phi) is 20.0. The topological polar surface area (TPSA) is 147 Å². The van der Waals surface area contributed by atoms with Crippen LogP contribution in [0.3, 0.4) is 0 Å². The molecule has 0 saturated carbocycles. The first-order valence-corrected chi connectivity index (χ1v) is 20.5. The zero-order valence-electron chi connectivity index (χ0n) is 36.7. The van der Waals surface area contributed by atoms with Crippen LogP contribution < -0.4 is 10.6 Å². The van der Waals surface area contributed by atoms with Crippen LogP contribution in [0.5, 0.6) is 0 Å². The van der Waals surface area contributed by atoms with Gasteiger partial charge in [0.1, 0.15) is 6.04 Å². The molecule has 1 aromatic carbocycles. The van der Waals surface area contributed by atoms with E-state index >= 15 is 0 Å². The van der Waals surface area contributed by atoms with Gasteiger partial charge in [0, 0.05) is 40.4 Å². The van der Waals surface area contributed by atoms with Gasteiger partial charge in [-0.05, 0) is 69.5 Å². The molecule has 1 aliphatic rings. The van der Waals surface area contributed by atoms with Gasteiger partial charge in [0.05, 0.1) is 55.3 Å². The van der Waals surface area contributed by atoms with Crippen LogP contribution in [0.15, 0.2) is 24.3 Å². The Morgan fingerprint density at radius 1 is 0.893 bits per heavy atom. The molecule has 1 saturated heterocycles. The number of likely N-dealkylation sites (N-methyl/N-ethyl adjacent to an activating group) is 2. The van der Waals surface area contributed by atoms with E-state index in [1.807, 2.05) is 79.5 Å². The van der Waals surface area contributed by atoms with Gasteiger partial charge in [-0.1, -0.05) is 73.1 Å². The molecule has 2 N–H and O–H groups in total. The maximum atomic E-state index is 14.3. The van der Waals surface area contributed by atoms with Gasteiger partial charge >= 0.3 is 5.97 Å². The summed E-state index contributed by atoms with van der Waals surface area (Å²) in [6.45, 7) is 18.7. The number of nitrogens with one attached hydrogen (secondary N) is 2. The molecule has 1 fully saturated rings. The Hall–Kier alpha value is -3.55. The summed E-state index contributed by atoms with van der Waals surface area (Å²) in [5.74, 6) is -1.92. The van der Waals surface area contributed by atoms with Gasteiger partial charge in [0.2, 0.25) is 23.6 Å². The molecule has 4 amide bonds. The fourth-order valence-electron chi connectivity index (χ4n) is 8.09. The number of likely N-dealkylation sites (tertiary alicyclic amines) is 1. The molecule has 56 heavy (non-hydrogen) atoms. The molecule has 0 bridgehead atoms. The van der Waals surface area contributed by atoms with Crippen LogP contribution in [0, 0.1) is 23.7 Å². The molecule has 8 atom stereocenters. The first-order valence-electron chi connectivity index (χ1n) is 20.5. The van der Waals surface area contributed by atoms with E-state index in [0.29, 0.717) is 31.5 Å². The van der Waals surface area contributed by atoms with Crippen LogP contribution in [0.2, 0.25) is 0 Å². The number of nitrogens with zero attached hydrogens (tertiary/aromatic N) is 3. The summed E-state index contributed by atoms with van der Waals surface area (Å²) >= 11 is 0. The molecule has 0 aromatic heterocycles. The van der Waals surface area contributed by atoms with Crippen molar-refractivity contribution in [2.75, 3.05) is 48.5 Å². The smallest absolute Gasteiger partial charge is 0.338 e. The third-order valence-corrected chi connectivity index (χ3v) is 11.8. The maximum Gasteiger partial charge on any atom is 0.338 e. The molecule has 0 aliphatic carbocycles. The number of hydrogen-bond donors (Lipinski definition) is 2. The number of methoxy groups -OCH3 is 3. The minimum absolute atomic E-state index is 0.0231. The van der Waals surface area contributed by atoms with Gasteiger partial charge in [-0.2, -0.15) is 0 Å². The van der Waals surface area contributed by atoms with Gasteiger partial charge in [-0.15, -0.1) is 0 Å². The van der Waals surface area contributed by atoms with Crippen LogP contribution in [0.1, 0.15) is 104 Å². The summed E-state index contributed by atoms with van der Waals surface area (Å²) in [4.78, 5) is 73.4. The lowest BCUT2D eigenvalue weighted by molar-refractivity contribution is -0.148. The van der Waals surface area contributed by atoms with Crippen molar-refractivity contribution in [2.24, 2.45) is 23.7 Å². The molecule has 13 heteroatoms. The second kappa shape index (κ2) is 23.0. The predicted molar refractivity (Wildman–Crippen MR) is 219 cm³/mol. The van der Waals surface area contributed by atoms with Crippen molar-refractivity contribution >= 4 is 29.6 Å². The molecule has 0 spiro atoms. The van der Waals surface area contributed by atoms with E-state index in [9.17, 15) is 24.0 Å². The number of carbonyl (C=O) groups is 5. The highest BCUT2D eigenvalue weighted by molar-refractivity contribution is 5.91. The van der Waals surface area contributed by atoms with E-state index in [-0.39, 0.29) is 59.9 Å². The number of ether oxygens (including phenoxy) is 3. The number of hydrogen-bond acceptors (Lipinski definition) is 9. The molecule has 13 nitrogen and oxygen atoms in total. The highest BCUT2D eigenvalue weighted by atomic mass is 16.5. The largest absolute Gasteiger partial charge is 0.465 e. The van der Waals surface area contributed by atoms with Crippen LogP contribution >= 0.6 is 0 Å². The fourth-order valence-corrected chi connectivity index (χ4v) is 8.09. The lowest BCUT2D eigenvalue weighted by Gasteiger charge is -2.41. The Labute approximate surface area is 336 Å². The zero-order valence-corrected chi connectivity index (χ0v) is 36.7. The van der Waals surface area contributed by atoms with E-state index in [1.54, 1.807) is 50.1 Å². The molecule has 2 rings (SSSR count). The van der Waals surface area contributed by atoms with Crippen LogP contribution in [-0.4, -0.2) is 135 Å². The van der Waals surface area contributed by atoms with E-state index < -0.39 is 42.2 Å². The minimum atomic E-state index is -0.769. The summed E-state index contributed by atoms with van der Waals surface area (Å²) < 4.78 is 16.9. The van der Waals surface area contributed by atoms with Gasteiger partial charge in [0.25, 0.3) is 0 Å². The Morgan fingerprint density at radius 3 is 2.07 bits per heavy atom. The number of amides is 4. The van der Waals surface area contributed by atoms with E-state index in [1.165, 1.54) is 7.11 Å². The van der Waals surface area contributed by atoms with E-state index in [0.717, 1.165) is 18.4 Å². The van der Waals surface area contributed by atoms with Crippen molar-refractivity contribution in [3.05, 3.63) is 35.4 Å². The summed E-state index contributed by atoms with van der Waals surface area (Å²) in [5.41, 5.74) is 1.24. The number of esters is 1. The van der Waals surface area contributed by atoms with Gasteiger partial charge in [0.15, 0.2) is 0 Å². The van der Waals surface area contributed by atoms with Gasteiger partial charge in [-0.3, -0.25) is 24.1 Å². The molecule has 318 valence electrons. The normalized spacial score (nSPS) is 18.3. The molecule has 0 unspecified atom stereocenters. The number of carbonyl (C=O) groups excluding carboxylic acids is 5. The molecule has 0 radical (unpaired) electrons. The van der Waals surface area contributed by atoms with Gasteiger partial charge < -0.3 is 34.6 Å². The Morgan fingerprint density at radius 2 is 1.54 bits per heavy atom. The van der Waals surface area contributed by atoms with Crippen molar-refractivity contribution in [1.82, 2.24) is 25.3 Å². The molecule has 1 aromatic rings. The third-order valence-electron chi connectivity index (χ3n) is 11.8. The van der Waals surface area contributed by atoms with Gasteiger partial charge in [-0.25, -0.2) is 4.79 Å². The molecule has 1 aliphatic heterocycles. The maximum absolute atomic E-state index is 14.3.